The summed E-state index contributed by atoms with van der Waals surface area (Å²) >= 11 is 0. The maximum atomic E-state index is 3.77. The predicted octanol–water partition coefficient (Wildman–Crippen LogP) is 2.91. The predicted molar refractivity (Wildman–Crippen MR) is 73.8 cm³/mol. The highest BCUT2D eigenvalue weighted by Gasteiger charge is 2.17. The standard InChI is InChI=1S/C14H30N2/c1-7-8-9-10-16(6)14(12(2)3)11-15-13(4)5/h7,12-15H,1,8-11H2,2-6H3. The second-order valence-electron chi connectivity index (χ2n) is 5.29. The highest BCUT2D eigenvalue weighted by Crippen LogP contribution is 2.09. The van der Waals surface area contributed by atoms with Crippen LogP contribution < -0.4 is 5.32 Å². The first-order valence-corrected chi connectivity index (χ1v) is 6.53. The van der Waals surface area contributed by atoms with Crippen LogP contribution in [0.3, 0.4) is 0 Å². The molecule has 0 heterocycles. The molecule has 2 nitrogen and oxygen atoms in total. The van der Waals surface area contributed by atoms with Crippen LogP contribution in [0.25, 0.3) is 0 Å². The minimum Gasteiger partial charge on any atom is -0.313 e. The summed E-state index contributed by atoms with van der Waals surface area (Å²) < 4.78 is 0. The fraction of sp³-hybridized carbons (Fsp3) is 0.857. The monoisotopic (exact) mass is 226 g/mol. The molecular formula is C14H30N2. The van der Waals surface area contributed by atoms with Gasteiger partial charge in [0.15, 0.2) is 0 Å². The van der Waals surface area contributed by atoms with E-state index in [-0.39, 0.29) is 0 Å². The number of nitrogens with one attached hydrogen (secondary N) is 1. The van der Waals surface area contributed by atoms with E-state index in [0.29, 0.717) is 18.0 Å². The molecule has 1 unspecified atom stereocenters. The number of likely N-dealkylation sites (N-methyl/N-ethyl adjacent to an activating group) is 1. The molecule has 16 heavy (non-hydrogen) atoms. The van der Waals surface area contributed by atoms with Gasteiger partial charge in [0.2, 0.25) is 0 Å². The summed E-state index contributed by atoms with van der Waals surface area (Å²) in [5, 5.41) is 3.54. The quantitative estimate of drug-likeness (QED) is 0.480. The third kappa shape index (κ3) is 7.02. The van der Waals surface area contributed by atoms with Crippen molar-refractivity contribution in [3.63, 3.8) is 0 Å². The fourth-order valence-electron chi connectivity index (χ4n) is 1.91. The van der Waals surface area contributed by atoms with Crippen LogP contribution >= 0.6 is 0 Å². The number of nitrogens with zero attached hydrogens (tertiary/aromatic N) is 1. The van der Waals surface area contributed by atoms with Crippen molar-refractivity contribution >= 4 is 0 Å². The Labute approximate surface area is 102 Å². The van der Waals surface area contributed by atoms with Crippen molar-refractivity contribution in [3.05, 3.63) is 12.7 Å². The van der Waals surface area contributed by atoms with Crippen molar-refractivity contribution in [1.82, 2.24) is 10.2 Å². The Morgan fingerprint density at radius 2 is 1.88 bits per heavy atom. The van der Waals surface area contributed by atoms with E-state index in [1.807, 2.05) is 6.08 Å². The molecule has 1 N–H and O–H groups in total. The van der Waals surface area contributed by atoms with Gasteiger partial charge in [-0.3, -0.25) is 0 Å². The van der Waals surface area contributed by atoms with E-state index in [9.17, 15) is 0 Å². The lowest BCUT2D eigenvalue weighted by Crippen LogP contribution is -2.45. The van der Waals surface area contributed by atoms with Crippen LogP contribution in [-0.4, -0.2) is 37.1 Å². The second kappa shape index (κ2) is 8.77. The Bertz CT molecular complexity index is 176. The van der Waals surface area contributed by atoms with Gasteiger partial charge >= 0.3 is 0 Å². The summed E-state index contributed by atoms with van der Waals surface area (Å²) in [7, 11) is 2.23. The summed E-state index contributed by atoms with van der Waals surface area (Å²) in [5.74, 6) is 0.694. The van der Waals surface area contributed by atoms with Gasteiger partial charge in [-0.1, -0.05) is 33.8 Å². The molecule has 0 amide bonds. The maximum absolute atomic E-state index is 3.77. The zero-order chi connectivity index (χ0) is 12.6. The third-order valence-corrected chi connectivity index (χ3v) is 2.99. The van der Waals surface area contributed by atoms with Crippen LogP contribution in [0.2, 0.25) is 0 Å². The summed E-state index contributed by atoms with van der Waals surface area (Å²) in [5.41, 5.74) is 0. The van der Waals surface area contributed by atoms with Crippen molar-refractivity contribution in [2.75, 3.05) is 20.1 Å². The van der Waals surface area contributed by atoms with Gasteiger partial charge in [0.1, 0.15) is 0 Å². The Kier molecular flexibility index (Phi) is 8.58. The van der Waals surface area contributed by atoms with Crippen LogP contribution in [0.15, 0.2) is 12.7 Å². The lowest BCUT2D eigenvalue weighted by Gasteiger charge is -2.32. The van der Waals surface area contributed by atoms with E-state index in [1.165, 1.54) is 6.42 Å². The molecule has 0 fully saturated rings. The Hall–Kier alpha value is -0.340. The molecular weight excluding hydrogens is 196 g/mol. The zero-order valence-electron chi connectivity index (χ0n) is 11.8. The van der Waals surface area contributed by atoms with E-state index in [1.54, 1.807) is 0 Å². The topological polar surface area (TPSA) is 15.3 Å². The van der Waals surface area contributed by atoms with Gasteiger partial charge in [0.05, 0.1) is 0 Å². The maximum Gasteiger partial charge on any atom is 0.0240 e. The lowest BCUT2D eigenvalue weighted by atomic mass is 10.0. The van der Waals surface area contributed by atoms with Gasteiger partial charge in [0, 0.05) is 18.6 Å². The molecule has 0 aromatic carbocycles. The summed E-state index contributed by atoms with van der Waals surface area (Å²) in [4.78, 5) is 2.48. The van der Waals surface area contributed by atoms with E-state index in [2.05, 4.69) is 51.5 Å². The molecule has 0 radical (unpaired) electrons. The molecule has 0 aromatic rings. The molecule has 0 saturated heterocycles. The SMILES string of the molecule is C=CCCCN(C)C(CNC(C)C)C(C)C. The van der Waals surface area contributed by atoms with Crippen LogP contribution in [-0.2, 0) is 0 Å². The first-order chi connectivity index (χ1) is 7.49. The normalized spacial score (nSPS) is 13.8. The first kappa shape index (κ1) is 15.7. The number of allylic oxidation sites excluding steroid dienone is 1. The van der Waals surface area contributed by atoms with Crippen molar-refractivity contribution in [3.8, 4) is 0 Å². The average molecular weight is 226 g/mol. The Morgan fingerprint density at radius 3 is 2.31 bits per heavy atom. The molecule has 2 heteroatoms. The summed E-state index contributed by atoms with van der Waals surface area (Å²) in [6, 6.07) is 1.20. The average Bonchev–Trinajstić information content (AvgIpc) is 2.17. The molecule has 0 aliphatic carbocycles. The van der Waals surface area contributed by atoms with Gasteiger partial charge in [-0.15, -0.1) is 6.58 Å². The smallest absolute Gasteiger partial charge is 0.0240 e. The van der Waals surface area contributed by atoms with Crippen LogP contribution in [0, 0.1) is 5.92 Å². The number of unbranched alkanes of at least 4 members (excludes halogenated alkanes) is 1. The lowest BCUT2D eigenvalue weighted by molar-refractivity contribution is 0.183. The van der Waals surface area contributed by atoms with E-state index >= 15 is 0 Å². The van der Waals surface area contributed by atoms with Gasteiger partial charge in [-0.25, -0.2) is 0 Å². The molecule has 0 rings (SSSR count). The van der Waals surface area contributed by atoms with E-state index in [4.69, 9.17) is 0 Å². The molecule has 96 valence electrons. The third-order valence-electron chi connectivity index (χ3n) is 2.99. The molecule has 0 saturated carbocycles. The highest BCUT2D eigenvalue weighted by atomic mass is 15.2. The van der Waals surface area contributed by atoms with Crippen molar-refractivity contribution in [2.45, 2.75) is 52.6 Å². The molecule has 0 aliphatic heterocycles. The molecule has 0 bridgehead atoms. The highest BCUT2D eigenvalue weighted by molar-refractivity contribution is 4.77. The number of rotatable bonds is 9. The van der Waals surface area contributed by atoms with Gasteiger partial charge in [-0.05, 0) is 32.4 Å². The van der Waals surface area contributed by atoms with Crippen molar-refractivity contribution in [1.29, 1.82) is 0 Å². The van der Waals surface area contributed by atoms with Crippen LogP contribution in [0.4, 0.5) is 0 Å². The van der Waals surface area contributed by atoms with E-state index < -0.39 is 0 Å². The number of hydrogen-bond donors (Lipinski definition) is 1. The minimum atomic E-state index is 0.572. The van der Waals surface area contributed by atoms with Crippen molar-refractivity contribution < 1.29 is 0 Å². The fourth-order valence-corrected chi connectivity index (χ4v) is 1.91. The van der Waals surface area contributed by atoms with Gasteiger partial charge in [0.25, 0.3) is 0 Å². The minimum absolute atomic E-state index is 0.572. The molecule has 0 aliphatic rings. The summed E-state index contributed by atoms with van der Waals surface area (Å²) in [6.45, 7) is 15.0. The zero-order valence-corrected chi connectivity index (χ0v) is 11.8. The molecule has 1 atom stereocenters. The van der Waals surface area contributed by atoms with E-state index in [0.717, 1.165) is 19.5 Å². The largest absolute Gasteiger partial charge is 0.313 e. The van der Waals surface area contributed by atoms with Crippen LogP contribution in [0.1, 0.15) is 40.5 Å². The van der Waals surface area contributed by atoms with Gasteiger partial charge in [-0.2, -0.15) is 0 Å². The summed E-state index contributed by atoms with van der Waals surface area (Å²) in [6.07, 6.45) is 4.34. The Balaban J connectivity index is 4.02. The second-order valence-corrected chi connectivity index (χ2v) is 5.29. The molecule has 0 spiro atoms. The first-order valence-electron chi connectivity index (χ1n) is 6.53. The Morgan fingerprint density at radius 1 is 1.25 bits per heavy atom. The number of hydrogen-bond acceptors (Lipinski definition) is 2. The molecule has 0 aromatic heterocycles. The van der Waals surface area contributed by atoms with Gasteiger partial charge < -0.3 is 10.2 Å². The van der Waals surface area contributed by atoms with Crippen molar-refractivity contribution in [2.24, 2.45) is 5.92 Å². The van der Waals surface area contributed by atoms with Crippen LogP contribution in [0.5, 0.6) is 0 Å².